The quantitative estimate of drug-likeness (QED) is 0.848. The summed E-state index contributed by atoms with van der Waals surface area (Å²) in [7, 11) is 0. The predicted molar refractivity (Wildman–Crippen MR) is 76.3 cm³/mol. The third-order valence-electron chi connectivity index (χ3n) is 2.35. The molecule has 1 aliphatic rings. The summed E-state index contributed by atoms with van der Waals surface area (Å²) in [5.74, 6) is 1.12. The lowest BCUT2D eigenvalue weighted by molar-refractivity contribution is 0.438. The fraction of sp³-hybridized carbons (Fsp3) is 0.417. The van der Waals surface area contributed by atoms with Crippen LogP contribution in [0.2, 0.25) is 0 Å². The van der Waals surface area contributed by atoms with E-state index in [1.807, 2.05) is 24.3 Å². The highest BCUT2D eigenvalue weighted by molar-refractivity contribution is 9.10. The third kappa shape index (κ3) is 3.25. The van der Waals surface area contributed by atoms with Gasteiger partial charge in [-0.25, -0.2) is 0 Å². The van der Waals surface area contributed by atoms with Crippen molar-refractivity contribution in [3.63, 3.8) is 0 Å². The first-order valence-electron chi connectivity index (χ1n) is 5.25. The van der Waals surface area contributed by atoms with E-state index in [1.165, 1.54) is 0 Å². The van der Waals surface area contributed by atoms with Crippen LogP contribution in [-0.2, 0) is 0 Å². The van der Waals surface area contributed by atoms with Crippen LogP contribution in [0, 0.1) is 5.41 Å². The van der Waals surface area contributed by atoms with E-state index in [1.54, 1.807) is 11.8 Å². The van der Waals surface area contributed by atoms with Gasteiger partial charge in [0, 0.05) is 22.5 Å². The van der Waals surface area contributed by atoms with Crippen LogP contribution in [0.3, 0.4) is 0 Å². The van der Waals surface area contributed by atoms with Gasteiger partial charge in [0.2, 0.25) is 0 Å². The van der Waals surface area contributed by atoms with Crippen molar-refractivity contribution in [2.24, 2.45) is 10.4 Å². The standard InChI is InChI=1S/C12H15BrN2S/c1-12(2)7-14-11(16-8-12)15-10-5-3-9(13)4-6-10/h3-6H,7-8H2,1-2H3,(H,14,15). The average Bonchev–Trinajstić information content (AvgIpc) is 2.24. The summed E-state index contributed by atoms with van der Waals surface area (Å²) in [6.45, 7) is 5.40. The summed E-state index contributed by atoms with van der Waals surface area (Å²) in [6, 6.07) is 8.15. The van der Waals surface area contributed by atoms with E-state index >= 15 is 0 Å². The van der Waals surface area contributed by atoms with Gasteiger partial charge in [0.15, 0.2) is 5.17 Å². The summed E-state index contributed by atoms with van der Waals surface area (Å²) in [5.41, 5.74) is 1.42. The molecule has 1 aliphatic heterocycles. The fourth-order valence-corrected chi connectivity index (χ4v) is 2.60. The Bertz CT molecular complexity index is 398. The van der Waals surface area contributed by atoms with Crippen molar-refractivity contribution in [2.75, 3.05) is 17.6 Å². The minimum atomic E-state index is 0.329. The number of thioether (sulfide) groups is 1. The van der Waals surface area contributed by atoms with Crippen LogP contribution in [0.1, 0.15) is 13.8 Å². The molecule has 4 heteroatoms. The predicted octanol–water partition coefficient (Wildman–Crippen LogP) is 3.99. The number of aliphatic imine (C=N–C) groups is 1. The number of hydrogen-bond donors (Lipinski definition) is 1. The van der Waals surface area contributed by atoms with Gasteiger partial charge in [-0.15, -0.1) is 0 Å². The van der Waals surface area contributed by atoms with Crippen molar-refractivity contribution in [1.82, 2.24) is 0 Å². The van der Waals surface area contributed by atoms with Crippen molar-refractivity contribution >= 4 is 38.5 Å². The lowest BCUT2D eigenvalue weighted by Gasteiger charge is -2.27. The first kappa shape index (κ1) is 12.0. The molecular weight excluding hydrogens is 284 g/mol. The molecule has 0 spiro atoms. The monoisotopic (exact) mass is 298 g/mol. The van der Waals surface area contributed by atoms with Crippen molar-refractivity contribution in [1.29, 1.82) is 0 Å². The second-order valence-corrected chi connectivity index (χ2v) is 6.59. The maximum absolute atomic E-state index is 4.56. The highest BCUT2D eigenvalue weighted by Gasteiger charge is 2.23. The molecule has 0 fully saturated rings. The van der Waals surface area contributed by atoms with E-state index < -0.39 is 0 Å². The zero-order chi connectivity index (χ0) is 11.6. The number of rotatable bonds is 1. The molecule has 0 amide bonds. The minimum absolute atomic E-state index is 0.329. The van der Waals surface area contributed by atoms with Gasteiger partial charge in [-0.2, -0.15) is 0 Å². The van der Waals surface area contributed by atoms with E-state index in [9.17, 15) is 0 Å². The molecule has 86 valence electrons. The largest absolute Gasteiger partial charge is 0.335 e. The van der Waals surface area contributed by atoms with Crippen LogP contribution in [0.5, 0.6) is 0 Å². The molecule has 1 aromatic rings. The van der Waals surface area contributed by atoms with Gasteiger partial charge in [-0.1, -0.05) is 41.5 Å². The Morgan fingerprint density at radius 1 is 1.31 bits per heavy atom. The summed E-state index contributed by atoms with van der Waals surface area (Å²) in [6.07, 6.45) is 0. The molecule has 0 saturated heterocycles. The molecule has 1 N–H and O–H groups in total. The SMILES string of the molecule is CC1(C)CN=C(Nc2ccc(Br)cc2)SC1. The smallest absolute Gasteiger partial charge is 0.161 e. The Hall–Kier alpha value is -0.480. The maximum Gasteiger partial charge on any atom is 0.161 e. The molecule has 0 unspecified atom stereocenters. The molecule has 0 aromatic heterocycles. The first-order chi connectivity index (χ1) is 7.55. The number of nitrogens with zero attached hydrogens (tertiary/aromatic N) is 1. The molecular formula is C12H15BrN2S. The Balaban J connectivity index is 2.01. The Kier molecular flexibility index (Phi) is 3.60. The topological polar surface area (TPSA) is 24.4 Å². The van der Waals surface area contributed by atoms with E-state index in [2.05, 4.69) is 40.1 Å². The van der Waals surface area contributed by atoms with Crippen LogP contribution < -0.4 is 5.32 Å². The lowest BCUT2D eigenvalue weighted by atomic mass is 9.97. The van der Waals surface area contributed by atoms with Gasteiger partial charge in [0.25, 0.3) is 0 Å². The van der Waals surface area contributed by atoms with Crippen LogP contribution in [0.4, 0.5) is 5.69 Å². The molecule has 1 aromatic carbocycles. The number of nitrogens with one attached hydrogen (secondary N) is 1. The van der Waals surface area contributed by atoms with Crippen molar-refractivity contribution < 1.29 is 0 Å². The van der Waals surface area contributed by atoms with Crippen molar-refractivity contribution in [2.45, 2.75) is 13.8 Å². The van der Waals surface area contributed by atoms with Gasteiger partial charge in [-0.3, -0.25) is 4.99 Å². The van der Waals surface area contributed by atoms with E-state index in [4.69, 9.17) is 0 Å². The summed E-state index contributed by atoms with van der Waals surface area (Å²) in [5, 5.41) is 4.37. The number of hydrogen-bond acceptors (Lipinski definition) is 3. The number of halogens is 1. The summed E-state index contributed by atoms with van der Waals surface area (Å²) >= 11 is 5.22. The van der Waals surface area contributed by atoms with Gasteiger partial charge in [0.05, 0.1) is 0 Å². The Morgan fingerprint density at radius 2 is 2.00 bits per heavy atom. The van der Waals surface area contributed by atoms with Gasteiger partial charge >= 0.3 is 0 Å². The van der Waals surface area contributed by atoms with Gasteiger partial charge < -0.3 is 5.32 Å². The number of amidine groups is 1. The van der Waals surface area contributed by atoms with Crippen LogP contribution >= 0.6 is 27.7 Å². The second-order valence-electron chi connectivity index (χ2n) is 4.71. The molecule has 2 rings (SSSR count). The zero-order valence-electron chi connectivity index (χ0n) is 9.46. The van der Waals surface area contributed by atoms with Crippen molar-refractivity contribution in [3.05, 3.63) is 28.7 Å². The van der Waals surface area contributed by atoms with Gasteiger partial charge in [-0.05, 0) is 29.7 Å². The lowest BCUT2D eigenvalue weighted by Crippen LogP contribution is -2.27. The minimum Gasteiger partial charge on any atom is -0.335 e. The van der Waals surface area contributed by atoms with E-state index in [0.717, 1.165) is 27.6 Å². The van der Waals surface area contributed by atoms with E-state index in [0.29, 0.717) is 5.41 Å². The molecule has 16 heavy (non-hydrogen) atoms. The van der Waals surface area contributed by atoms with Gasteiger partial charge in [0.1, 0.15) is 0 Å². The van der Waals surface area contributed by atoms with Crippen LogP contribution in [0.15, 0.2) is 33.7 Å². The third-order valence-corrected chi connectivity index (χ3v) is 4.30. The molecule has 0 radical (unpaired) electrons. The molecule has 1 heterocycles. The summed E-state index contributed by atoms with van der Waals surface area (Å²) < 4.78 is 1.09. The molecule has 0 saturated carbocycles. The second kappa shape index (κ2) is 4.80. The zero-order valence-corrected chi connectivity index (χ0v) is 11.9. The maximum atomic E-state index is 4.56. The first-order valence-corrected chi connectivity index (χ1v) is 7.03. The Labute approximate surface area is 109 Å². The van der Waals surface area contributed by atoms with Crippen LogP contribution in [0.25, 0.3) is 0 Å². The highest BCUT2D eigenvalue weighted by Crippen LogP contribution is 2.28. The molecule has 0 aliphatic carbocycles. The highest BCUT2D eigenvalue weighted by atomic mass is 79.9. The number of anilines is 1. The molecule has 0 bridgehead atoms. The average molecular weight is 299 g/mol. The normalized spacial score (nSPS) is 19.1. The number of benzene rings is 1. The van der Waals surface area contributed by atoms with E-state index in [-0.39, 0.29) is 0 Å². The molecule has 0 atom stereocenters. The Morgan fingerprint density at radius 3 is 2.56 bits per heavy atom. The molecule has 2 nitrogen and oxygen atoms in total. The summed E-state index contributed by atoms with van der Waals surface area (Å²) in [4.78, 5) is 4.56. The van der Waals surface area contributed by atoms with Crippen LogP contribution in [-0.4, -0.2) is 17.5 Å². The fourth-order valence-electron chi connectivity index (χ4n) is 1.37. The van der Waals surface area contributed by atoms with Crippen molar-refractivity contribution in [3.8, 4) is 0 Å².